The average molecular weight is 262 g/mol. The number of rotatable bonds is 3. The number of methoxy groups -OCH3 is 1. The molecule has 1 unspecified atom stereocenters. The minimum Gasteiger partial charge on any atom is -0.384 e. The predicted molar refractivity (Wildman–Crippen MR) is 80.1 cm³/mol. The van der Waals surface area contributed by atoms with Crippen LogP contribution in [0.5, 0.6) is 0 Å². The van der Waals surface area contributed by atoms with Crippen molar-refractivity contribution in [3.05, 3.63) is 11.1 Å². The van der Waals surface area contributed by atoms with Gasteiger partial charge in [0.15, 0.2) is 0 Å². The normalized spacial score (nSPS) is 38.7. The SMILES string of the molecule is COCCC1=C2C(C)(C)[C@H]3CCC2(C3)C(C)(C)CC1. The number of fused-ring (bicyclic) bond motifs is 1. The molecule has 2 bridgehead atoms. The highest BCUT2D eigenvalue weighted by Gasteiger charge is 2.64. The van der Waals surface area contributed by atoms with E-state index in [9.17, 15) is 0 Å². The Hall–Kier alpha value is -0.300. The van der Waals surface area contributed by atoms with Gasteiger partial charge >= 0.3 is 0 Å². The van der Waals surface area contributed by atoms with Crippen molar-refractivity contribution in [1.82, 2.24) is 0 Å². The molecule has 2 fully saturated rings. The lowest BCUT2D eigenvalue weighted by Gasteiger charge is -2.53. The Morgan fingerprint density at radius 1 is 1.16 bits per heavy atom. The summed E-state index contributed by atoms with van der Waals surface area (Å²) in [6.45, 7) is 11.0. The molecule has 0 amide bonds. The van der Waals surface area contributed by atoms with Gasteiger partial charge in [0.05, 0.1) is 0 Å². The van der Waals surface area contributed by atoms with E-state index in [1.54, 1.807) is 5.57 Å². The third-order valence-corrected chi connectivity index (χ3v) is 6.97. The molecule has 0 saturated heterocycles. The summed E-state index contributed by atoms with van der Waals surface area (Å²) in [5, 5.41) is 0. The fourth-order valence-electron chi connectivity index (χ4n) is 5.76. The second-order valence-electron chi connectivity index (χ2n) is 8.35. The third-order valence-electron chi connectivity index (χ3n) is 6.97. The van der Waals surface area contributed by atoms with E-state index in [0.29, 0.717) is 16.2 Å². The lowest BCUT2D eigenvalue weighted by atomic mass is 9.52. The molecular weight excluding hydrogens is 232 g/mol. The fourth-order valence-corrected chi connectivity index (χ4v) is 5.76. The first kappa shape index (κ1) is 13.7. The lowest BCUT2D eigenvalue weighted by molar-refractivity contribution is 0.0827. The van der Waals surface area contributed by atoms with Crippen LogP contribution in [0, 0.1) is 22.2 Å². The first-order valence-corrected chi connectivity index (χ1v) is 8.07. The van der Waals surface area contributed by atoms with Crippen LogP contribution in [0.1, 0.15) is 66.2 Å². The van der Waals surface area contributed by atoms with Crippen molar-refractivity contribution in [2.75, 3.05) is 13.7 Å². The molecule has 1 spiro atoms. The Morgan fingerprint density at radius 3 is 2.58 bits per heavy atom. The van der Waals surface area contributed by atoms with Crippen molar-refractivity contribution >= 4 is 0 Å². The summed E-state index contributed by atoms with van der Waals surface area (Å²) in [6.07, 6.45) is 8.21. The molecule has 0 aromatic heterocycles. The van der Waals surface area contributed by atoms with Crippen LogP contribution in [-0.2, 0) is 4.74 Å². The van der Waals surface area contributed by atoms with Crippen molar-refractivity contribution in [3.8, 4) is 0 Å². The molecule has 0 radical (unpaired) electrons. The highest BCUT2D eigenvalue weighted by atomic mass is 16.5. The molecule has 3 aliphatic rings. The van der Waals surface area contributed by atoms with Crippen LogP contribution < -0.4 is 0 Å². The molecule has 0 aromatic carbocycles. The molecule has 2 saturated carbocycles. The highest BCUT2D eigenvalue weighted by molar-refractivity contribution is 5.41. The third kappa shape index (κ3) is 1.63. The molecule has 2 atom stereocenters. The first-order chi connectivity index (χ1) is 8.85. The number of ether oxygens (including phenoxy) is 1. The van der Waals surface area contributed by atoms with E-state index >= 15 is 0 Å². The number of allylic oxidation sites excluding steroid dienone is 1. The molecule has 1 nitrogen and oxygen atoms in total. The van der Waals surface area contributed by atoms with E-state index < -0.39 is 0 Å². The maximum absolute atomic E-state index is 5.36. The standard InChI is InChI=1S/C18H30O/c1-16(2)9-6-13(8-11-19-5)15-17(3,4)14-7-10-18(15,16)12-14/h14H,6-12H2,1-5H3/t14-,18?/m0/s1. The second kappa shape index (κ2) is 4.10. The molecule has 19 heavy (non-hydrogen) atoms. The van der Waals surface area contributed by atoms with Crippen LogP contribution in [0.2, 0.25) is 0 Å². The van der Waals surface area contributed by atoms with Gasteiger partial charge in [0, 0.05) is 13.7 Å². The van der Waals surface area contributed by atoms with Gasteiger partial charge in [-0.15, -0.1) is 0 Å². The van der Waals surface area contributed by atoms with Crippen molar-refractivity contribution < 1.29 is 4.74 Å². The molecule has 0 aliphatic heterocycles. The quantitative estimate of drug-likeness (QED) is 0.653. The van der Waals surface area contributed by atoms with Gasteiger partial charge in [-0.2, -0.15) is 0 Å². The van der Waals surface area contributed by atoms with E-state index in [1.165, 1.54) is 38.5 Å². The van der Waals surface area contributed by atoms with Gasteiger partial charge in [-0.1, -0.05) is 38.8 Å². The zero-order valence-electron chi connectivity index (χ0n) is 13.4. The Bertz CT molecular complexity index is 415. The summed E-state index contributed by atoms with van der Waals surface area (Å²) in [6, 6.07) is 0. The topological polar surface area (TPSA) is 9.23 Å². The Morgan fingerprint density at radius 2 is 1.89 bits per heavy atom. The van der Waals surface area contributed by atoms with Crippen molar-refractivity contribution in [2.45, 2.75) is 66.2 Å². The zero-order valence-corrected chi connectivity index (χ0v) is 13.4. The maximum Gasteiger partial charge on any atom is 0.0499 e. The monoisotopic (exact) mass is 262 g/mol. The Balaban J connectivity index is 2.09. The van der Waals surface area contributed by atoms with E-state index in [2.05, 4.69) is 27.7 Å². The van der Waals surface area contributed by atoms with Gasteiger partial charge in [-0.25, -0.2) is 0 Å². The van der Waals surface area contributed by atoms with Gasteiger partial charge in [0.2, 0.25) is 0 Å². The second-order valence-corrected chi connectivity index (χ2v) is 8.35. The zero-order chi connectivity index (χ0) is 13.9. The van der Waals surface area contributed by atoms with Gasteiger partial charge < -0.3 is 4.74 Å². The van der Waals surface area contributed by atoms with Gasteiger partial charge in [-0.05, 0) is 60.7 Å². The molecule has 0 aromatic rings. The Labute approximate surface area is 118 Å². The van der Waals surface area contributed by atoms with Crippen LogP contribution in [-0.4, -0.2) is 13.7 Å². The van der Waals surface area contributed by atoms with Crippen molar-refractivity contribution in [1.29, 1.82) is 0 Å². The highest BCUT2D eigenvalue weighted by Crippen LogP contribution is 2.74. The van der Waals surface area contributed by atoms with E-state index in [1.807, 2.05) is 12.7 Å². The smallest absolute Gasteiger partial charge is 0.0499 e. The fraction of sp³-hybridized carbons (Fsp3) is 0.889. The van der Waals surface area contributed by atoms with Gasteiger partial charge in [0.25, 0.3) is 0 Å². The van der Waals surface area contributed by atoms with Crippen molar-refractivity contribution in [3.63, 3.8) is 0 Å². The summed E-state index contributed by atoms with van der Waals surface area (Å²) in [5.74, 6) is 0.928. The minimum absolute atomic E-state index is 0.443. The maximum atomic E-state index is 5.36. The summed E-state index contributed by atoms with van der Waals surface area (Å²) >= 11 is 0. The van der Waals surface area contributed by atoms with Crippen LogP contribution in [0.15, 0.2) is 11.1 Å². The molecular formula is C18H30O. The number of hydrogen-bond acceptors (Lipinski definition) is 1. The summed E-state index contributed by atoms with van der Waals surface area (Å²) in [7, 11) is 1.83. The number of hydrogen-bond donors (Lipinski definition) is 0. The summed E-state index contributed by atoms with van der Waals surface area (Å²) in [4.78, 5) is 0. The van der Waals surface area contributed by atoms with E-state index in [4.69, 9.17) is 4.74 Å². The molecule has 1 heteroatoms. The lowest BCUT2D eigenvalue weighted by Crippen LogP contribution is -2.43. The summed E-state index contributed by atoms with van der Waals surface area (Å²) < 4.78 is 5.36. The molecule has 0 heterocycles. The van der Waals surface area contributed by atoms with Gasteiger partial charge in [-0.3, -0.25) is 0 Å². The van der Waals surface area contributed by atoms with E-state index in [0.717, 1.165) is 12.5 Å². The largest absolute Gasteiger partial charge is 0.384 e. The van der Waals surface area contributed by atoms with Crippen LogP contribution in [0.25, 0.3) is 0 Å². The van der Waals surface area contributed by atoms with Crippen LogP contribution in [0.3, 0.4) is 0 Å². The predicted octanol–water partition coefficient (Wildman–Crippen LogP) is 4.97. The first-order valence-electron chi connectivity index (χ1n) is 8.07. The van der Waals surface area contributed by atoms with Crippen molar-refractivity contribution in [2.24, 2.45) is 22.2 Å². The molecule has 108 valence electrons. The molecule has 0 N–H and O–H groups in total. The average Bonchev–Trinajstić information content (AvgIpc) is 2.85. The van der Waals surface area contributed by atoms with Crippen LogP contribution in [0.4, 0.5) is 0 Å². The molecule has 3 aliphatic carbocycles. The minimum atomic E-state index is 0.443. The molecule has 3 rings (SSSR count). The van der Waals surface area contributed by atoms with Gasteiger partial charge in [0.1, 0.15) is 0 Å². The van der Waals surface area contributed by atoms with E-state index in [-0.39, 0.29) is 0 Å². The summed E-state index contributed by atoms with van der Waals surface area (Å²) in [5.41, 5.74) is 5.10. The Kier molecular flexibility index (Phi) is 2.95. The van der Waals surface area contributed by atoms with Crippen LogP contribution >= 0.6 is 0 Å².